The SMILES string of the molecule is CC(Oc1ccc(Cl)cc1Cl)C(=O)Nc1ccccc1C(=O)NCCc1ccccc1. The van der Waals surface area contributed by atoms with Crippen molar-refractivity contribution in [2.45, 2.75) is 19.4 Å². The van der Waals surface area contributed by atoms with E-state index in [1.165, 1.54) is 6.07 Å². The summed E-state index contributed by atoms with van der Waals surface area (Å²) in [5, 5.41) is 6.43. The first-order valence-electron chi connectivity index (χ1n) is 9.78. The van der Waals surface area contributed by atoms with Crippen molar-refractivity contribution in [3.8, 4) is 5.75 Å². The van der Waals surface area contributed by atoms with Crippen LogP contribution in [0.1, 0.15) is 22.8 Å². The monoisotopic (exact) mass is 456 g/mol. The highest BCUT2D eigenvalue weighted by molar-refractivity contribution is 6.35. The third-order valence-electron chi connectivity index (χ3n) is 4.54. The fraction of sp³-hybridized carbons (Fsp3) is 0.167. The van der Waals surface area contributed by atoms with E-state index in [1.807, 2.05) is 30.3 Å². The van der Waals surface area contributed by atoms with Crippen molar-refractivity contribution in [2.24, 2.45) is 0 Å². The smallest absolute Gasteiger partial charge is 0.265 e. The van der Waals surface area contributed by atoms with Crippen LogP contribution in [0.5, 0.6) is 5.75 Å². The molecule has 2 N–H and O–H groups in total. The quantitative estimate of drug-likeness (QED) is 0.478. The van der Waals surface area contributed by atoms with E-state index < -0.39 is 12.0 Å². The molecule has 3 aromatic carbocycles. The molecule has 0 saturated carbocycles. The summed E-state index contributed by atoms with van der Waals surface area (Å²) >= 11 is 12.0. The number of carbonyl (C=O) groups is 2. The number of hydrogen-bond acceptors (Lipinski definition) is 3. The molecule has 0 aliphatic carbocycles. The van der Waals surface area contributed by atoms with Crippen LogP contribution in [0.25, 0.3) is 0 Å². The topological polar surface area (TPSA) is 67.4 Å². The maximum atomic E-state index is 12.7. The van der Waals surface area contributed by atoms with Crippen molar-refractivity contribution in [3.63, 3.8) is 0 Å². The Bertz CT molecular complexity index is 1060. The molecule has 0 spiro atoms. The predicted octanol–water partition coefficient (Wildman–Crippen LogP) is 5.37. The van der Waals surface area contributed by atoms with E-state index >= 15 is 0 Å². The van der Waals surface area contributed by atoms with Crippen molar-refractivity contribution in [2.75, 3.05) is 11.9 Å². The van der Waals surface area contributed by atoms with E-state index in [4.69, 9.17) is 27.9 Å². The molecule has 0 fully saturated rings. The Kier molecular flexibility index (Phi) is 7.93. The predicted molar refractivity (Wildman–Crippen MR) is 124 cm³/mol. The zero-order valence-electron chi connectivity index (χ0n) is 16.9. The van der Waals surface area contributed by atoms with Gasteiger partial charge in [0.1, 0.15) is 5.75 Å². The van der Waals surface area contributed by atoms with Crippen LogP contribution < -0.4 is 15.4 Å². The Labute approximate surface area is 191 Å². The molecule has 0 heterocycles. The van der Waals surface area contributed by atoms with Crippen LogP contribution in [0, 0.1) is 0 Å². The lowest BCUT2D eigenvalue weighted by Crippen LogP contribution is -2.32. The van der Waals surface area contributed by atoms with Gasteiger partial charge in [0.15, 0.2) is 6.10 Å². The highest BCUT2D eigenvalue weighted by atomic mass is 35.5. The molecule has 5 nitrogen and oxygen atoms in total. The Hall–Kier alpha value is -3.02. The molecule has 0 radical (unpaired) electrons. The third-order valence-corrected chi connectivity index (χ3v) is 5.07. The molecule has 7 heteroatoms. The number of rotatable bonds is 8. The molecule has 0 aromatic heterocycles. The van der Waals surface area contributed by atoms with Gasteiger partial charge in [0.25, 0.3) is 11.8 Å². The number of hydrogen-bond donors (Lipinski definition) is 2. The van der Waals surface area contributed by atoms with Gasteiger partial charge in [-0.05, 0) is 49.2 Å². The van der Waals surface area contributed by atoms with E-state index in [0.29, 0.717) is 40.0 Å². The van der Waals surface area contributed by atoms with E-state index in [0.717, 1.165) is 5.56 Å². The number of benzene rings is 3. The number of carbonyl (C=O) groups excluding carboxylic acids is 2. The Balaban J connectivity index is 1.61. The molecule has 0 aliphatic heterocycles. The van der Waals surface area contributed by atoms with Crippen molar-refractivity contribution in [1.29, 1.82) is 0 Å². The second-order valence-electron chi connectivity index (χ2n) is 6.86. The molecule has 3 rings (SSSR count). The van der Waals surface area contributed by atoms with Crippen molar-refractivity contribution in [3.05, 3.63) is 94.0 Å². The van der Waals surface area contributed by atoms with Gasteiger partial charge in [-0.25, -0.2) is 0 Å². The lowest BCUT2D eigenvalue weighted by Gasteiger charge is -2.17. The lowest BCUT2D eigenvalue weighted by molar-refractivity contribution is -0.122. The van der Waals surface area contributed by atoms with Crippen LogP contribution in [0.3, 0.4) is 0 Å². The van der Waals surface area contributed by atoms with E-state index in [1.54, 1.807) is 43.3 Å². The highest BCUT2D eigenvalue weighted by Gasteiger charge is 2.19. The van der Waals surface area contributed by atoms with Gasteiger partial charge < -0.3 is 15.4 Å². The van der Waals surface area contributed by atoms with Gasteiger partial charge in [-0.3, -0.25) is 9.59 Å². The zero-order valence-corrected chi connectivity index (χ0v) is 18.4. The van der Waals surface area contributed by atoms with Gasteiger partial charge >= 0.3 is 0 Å². The van der Waals surface area contributed by atoms with Gasteiger partial charge in [-0.15, -0.1) is 0 Å². The summed E-state index contributed by atoms with van der Waals surface area (Å²) in [4.78, 5) is 25.3. The molecule has 1 unspecified atom stereocenters. The second-order valence-corrected chi connectivity index (χ2v) is 7.70. The standard InChI is InChI=1S/C24H22Cl2N2O3/c1-16(31-22-12-11-18(25)15-20(22)26)23(29)28-21-10-6-5-9-19(21)24(30)27-14-13-17-7-3-2-4-8-17/h2-12,15-16H,13-14H2,1H3,(H,27,30)(H,28,29). The Morgan fingerprint density at radius 2 is 1.68 bits per heavy atom. The van der Waals surface area contributed by atoms with Gasteiger partial charge in [-0.1, -0.05) is 65.7 Å². The molecule has 1 atom stereocenters. The Morgan fingerprint density at radius 3 is 2.42 bits per heavy atom. The van der Waals surface area contributed by atoms with E-state index in [9.17, 15) is 9.59 Å². The minimum atomic E-state index is -0.840. The fourth-order valence-electron chi connectivity index (χ4n) is 2.90. The van der Waals surface area contributed by atoms with Crippen LogP contribution in [-0.2, 0) is 11.2 Å². The number of ether oxygens (including phenoxy) is 1. The average molecular weight is 457 g/mol. The largest absolute Gasteiger partial charge is 0.479 e. The van der Waals surface area contributed by atoms with Gasteiger partial charge in [0.05, 0.1) is 16.3 Å². The minimum Gasteiger partial charge on any atom is -0.479 e. The molecule has 31 heavy (non-hydrogen) atoms. The maximum Gasteiger partial charge on any atom is 0.265 e. The van der Waals surface area contributed by atoms with E-state index in [2.05, 4.69) is 10.6 Å². The summed E-state index contributed by atoms with van der Waals surface area (Å²) in [6.07, 6.45) is -0.124. The number of halogens is 2. The van der Waals surface area contributed by atoms with Crippen LogP contribution in [0.15, 0.2) is 72.8 Å². The molecular weight excluding hydrogens is 435 g/mol. The summed E-state index contributed by atoms with van der Waals surface area (Å²) < 4.78 is 5.65. The first-order chi connectivity index (χ1) is 14.9. The lowest BCUT2D eigenvalue weighted by atomic mass is 10.1. The summed E-state index contributed by atoms with van der Waals surface area (Å²) in [5.41, 5.74) is 1.92. The highest BCUT2D eigenvalue weighted by Crippen LogP contribution is 2.28. The summed E-state index contributed by atoms with van der Waals surface area (Å²) in [6, 6.07) is 21.5. The van der Waals surface area contributed by atoms with Crippen LogP contribution >= 0.6 is 23.2 Å². The van der Waals surface area contributed by atoms with E-state index in [-0.39, 0.29) is 5.91 Å². The number of nitrogens with one attached hydrogen (secondary N) is 2. The van der Waals surface area contributed by atoms with Crippen LogP contribution in [0.4, 0.5) is 5.69 Å². The number of para-hydroxylation sites is 1. The molecule has 160 valence electrons. The first kappa shape index (κ1) is 22.7. The van der Waals surface area contributed by atoms with Gasteiger partial charge in [0, 0.05) is 11.6 Å². The number of anilines is 1. The van der Waals surface area contributed by atoms with Crippen LogP contribution in [-0.4, -0.2) is 24.5 Å². The Morgan fingerprint density at radius 1 is 0.968 bits per heavy atom. The van der Waals surface area contributed by atoms with Gasteiger partial charge in [0.2, 0.25) is 0 Å². The molecular formula is C24H22Cl2N2O3. The fourth-order valence-corrected chi connectivity index (χ4v) is 3.35. The molecule has 0 aliphatic rings. The third kappa shape index (κ3) is 6.48. The molecule has 0 saturated heterocycles. The zero-order chi connectivity index (χ0) is 22.2. The average Bonchev–Trinajstić information content (AvgIpc) is 2.76. The summed E-state index contributed by atoms with van der Waals surface area (Å²) in [6.45, 7) is 2.09. The van der Waals surface area contributed by atoms with Crippen molar-refractivity contribution in [1.82, 2.24) is 5.32 Å². The number of amides is 2. The van der Waals surface area contributed by atoms with Crippen molar-refractivity contribution >= 4 is 40.7 Å². The molecule has 0 bridgehead atoms. The summed E-state index contributed by atoms with van der Waals surface area (Å²) in [5.74, 6) is -0.322. The molecule has 2 amide bonds. The van der Waals surface area contributed by atoms with Crippen LogP contribution in [0.2, 0.25) is 10.0 Å². The maximum absolute atomic E-state index is 12.7. The minimum absolute atomic E-state index is 0.263. The van der Waals surface area contributed by atoms with Crippen molar-refractivity contribution < 1.29 is 14.3 Å². The first-order valence-corrected chi connectivity index (χ1v) is 10.5. The normalized spacial score (nSPS) is 11.5. The summed E-state index contributed by atoms with van der Waals surface area (Å²) in [7, 11) is 0. The second kappa shape index (κ2) is 10.8. The molecule has 3 aromatic rings. The van der Waals surface area contributed by atoms with Gasteiger partial charge in [-0.2, -0.15) is 0 Å².